The van der Waals surface area contributed by atoms with Gasteiger partial charge in [0.05, 0.1) is 38.5 Å². The molecule has 6 nitrogen and oxygen atoms in total. The third-order valence-corrected chi connectivity index (χ3v) is 6.76. The second-order valence-corrected chi connectivity index (χ2v) is 9.11. The predicted molar refractivity (Wildman–Crippen MR) is 103 cm³/mol. The number of rotatable bonds is 7. The molecule has 27 heavy (non-hydrogen) atoms. The van der Waals surface area contributed by atoms with Gasteiger partial charge in [0.15, 0.2) is 0 Å². The van der Waals surface area contributed by atoms with Gasteiger partial charge in [-0.3, -0.25) is 9.59 Å². The zero-order valence-corrected chi connectivity index (χ0v) is 16.9. The molecular weight excluding hydrogens is 344 g/mol. The summed E-state index contributed by atoms with van der Waals surface area (Å²) in [6, 6.07) is 0.261. The Hall–Kier alpha value is -1.14. The number of amides is 2. The van der Waals surface area contributed by atoms with E-state index in [0.29, 0.717) is 37.9 Å². The predicted octanol–water partition coefficient (Wildman–Crippen LogP) is 2.41. The molecule has 2 heterocycles. The van der Waals surface area contributed by atoms with Crippen LogP contribution in [0.15, 0.2) is 0 Å². The Morgan fingerprint density at radius 2 is 1.41 bits per heavy atom. The van der Waals surface area contributed by atoms with Crippen molar-refractivity contribution in [3.63, 3.8) is 0 Å². The minimum Gasteiger partial charge on any atom is -0.379 e. The van der Waals surface area contributed by atoms with Crippen molar-refractivity contribution in [2.45, 2.75) is 77.3 Å². The van der Waals surface area contributed by atoms with E-state index in [0.717, 1.165) is 45.3 Å². The van der Waals surface area contributed by atoms with Crippen molar-refractivity contribution in [1.82, 2.24) is 10.6 Å². The molecule has 0 aromatic rings. The third kappa shape index (κ3) is 5.67. The quantitative estimate of drug-likeness (QED) is 0.711. The van der Waals surface area contributed by atoms with E-state index in [1.807, 2.05) is 0 Å². The highest BCUT2D eigenvalue weighted by molar-refractivity contribution is 5.78. The average molecular weight is 381 g/mol. The van der Waals surface area contributed by atoms with Gasteiger partial charge in [0.25, 0.3) is 0 Å². The normalized spacial score (nSPS) is 33.0. The summed E-state index contributed by atoms with van der Waals surface area (Å²) in [7, 11) is 0. The lowest BCUT2D eigenvalue weighted by Gasteiger charge is -2.37. The van der Waals surface area contributed by atoms with Crippen molar-refractivity contribution < 1.29 is 19.1 Å². The molecule has 0 aromatic carbocycles. The Morgan fingerprint density at radius 3 is 1.93 bits per heavy atom. The number of carbonyl (C=O) groups excluding carboxylic acids is 2. The van der Waals surface area contributed by atoms with Crippen molar-refractivity contribution in [3.05, 3.63) is 0 Å². The summed E-state index contributed by atoms with van der Waals surface area (Å²) in [6.45, 7) is 6.90. The van der Waals surface area contributed by atoms with Gasteiger partial charge >= 0.3 is 0 Å². The molecule has 2 aliphatic heterocycles. The van der Waals surface area contributed by atoms with E-state index in [9.17, 15) is 9.59 Å². The van der Waals surface area contributed by atoms with Crippen LogP contribution < -0.4 is 10.6 Å². The van der Waals surface area contributed by atoms with Crippen LogP contribution in [0.5, 0.6) is 0 Å². The number of hydrogen-bond donors (Lipinski definition) is 2. The molecule has 4 unspecified atom stereocenters. The number of nitrogens with one attached hydrogen (secondary N) is 2. The second-order valence-electron chi connectivity index (χ2n) is 9.11. The first-order chi connectivity index (χ1) is 13.0. The fourth-order valence-corrected chi connectivity index (χ4v) is 4.76. The summed E-state index contributed by atoms with van der Waals surface area (Å²) in [4.78, 5) is 25.2. The first-order valence-electron chi connectivity index (χ1n) is 10.7. The molecule has 2 saturated heterocycles. The summed E-state index contributed by atoms with van der Waals surface area (Å²) in [5.74, 6) is 0.967. The molecule has 0 aromatic heterocycles. The van der Waals surface area contributed by atoms with Crippen LogP contribution in [0.4, 0.5) is 0 Å². The van der Waals surface area contributed by atoms with Gasteiger partial charge in [-0.05, 0) is 24.7 Å². The first-order valence-corrected chi connectivity index (χ1v) is 10.7. The third-order valence-electron chi connectivity index (χ3n) is 6.76. The summed E-state index contributed by atoms with van der Waals surface area (Å²) in [5.41, 5.74) is -0.0276. The van der Waals surface area contributed by atoms with E-state index in [-0.39, 0.29) is 29.3 Å². The van der Waals surface area contributed by atoms with Crippen molar-refractivity contribution in [2.24, 2.45) is 17.3 Å². The van der Waals surface area contributed by atoms with Crippen LogP contribution in [0, 0.1) is 17.3 Å². The standard InChI is InChI=1S/C21H36N2O4/c1-15-11-26-13-17(15)22-19(24)6-9-21(7-4-3-5-8-21)10-20(25)23-18-14-27-12-16(18)2/h15-18H,3-14H2,1-2H3,(H,22,24)(H,23,25). The maximum absolute atomic E-state index is 12.7. The molecule has 1 aliphatic carbocycles. The molecule has 2 N–H and O–H groups in total. The summed E-state index contributed by atoms with van der Waals surface area (Å²) in [5, 5.41) is 6.29. The number of hydrogen-bond acceptors (Lipinski definition) is 4. The zero-order valence-electron chi connectivity index (χ0n) is 16.9. The molecular formula is C21H36N2O4. The summed E-state index contributed by atoms with van der Waals surface area (Å²) in [6.07, 6.45) is 7.48. The maximum atomic E-state index is 12.7. The number of carbonyl (C=O) groups is 2. The fraction of sp³-hybridized carbons (Fsp3) is 0.905. The molecule has 2 amide bonds. The molecule has 1 saturated carbocycles. The highest BCUT2D eigenvalue weighted by Gasteiger charge is 2.36. The summed E-state index contributed by atoms with van der Waals surface area (Å²) < 4.78 is 10.9. The van der Waals surface area contributed by atoms with Gasteiger partial charge in [-0.15, -0.1) is 0 Å². The van der Waals surface area contributed by atoms with Crippen LogP contribution in [0.1, 0.15) is 65.2 Å². The van der Waals surface area contributed by atoms with Crippen LogP contribution in [0.25, 0.3) is 0 Å². The molecule has 3 aliphatic rings. The minimum absolute atomic E-state index is 0.0276. The molecule has 154 valence electrons. The number of ether oxygens (including phenoxy) is 2. The first kappa shape index (κ1) is 20.6. The Balaban J connectivity index is 1.50. The minimum atomic E-state index is -0.0276. The lowest BCUT2D eigenvalue weighted by atomic mass is 9.68. The highest BCUT2D eigenvalue weighted by atomic mass is 16.5. The Labute approximate surface area is 163 Å². The smallest absolute Gasteiger partial charge is 0.220 e. The zero-order chi connectivity index (χ0) is 19.3. The van der Waals surface area contributed by atoms with E-state index < -0.39 is 0 Å². The van der Waals surface area contributed by atoms with Crippen LogP contribution in [0.2, 0.25) is 0 Å². The second kappa shape index (κ2) is 9.37. The monoisotopic (exact) mass is 380 g/mol. The van der Waals surface area contributed by atoms with Gasteiger partial charge in [-0.25, -0.2) is 0 Å². The van der Waals surface area contributed by atoms with Gasteiger partial charge in [0.2, 0.25) is 11.8 Å². The van der Waals surface area contributed by atoms with E-state index in [1.54, 1.807) is 0 Å². The van der Waals surface area contributed by atoms with Crippen molar-refractivity contribution in [2.75, 3.05) is 26.4 Å². The molecule has 4 atom stereocenters. The lowest BCUT2D eigenvalue weighted by molar-refractivity contribution is -0.127. The van der Waals surface area contributed by atoms with Gasteiger partial charge in [-0.1, -0.05) is 33.1 Å². The van der Waals surface area contributed by atoms with Crippen LogP contribution >= 0.6 is 0 Å². The van der Waals surface area contributed by atoms with Crippen molar-refractivity contribution in [3.8, 4) is 0 Å². The Bertz CT molecular complexity index is 518. The van der Waals surface area contributed by atoms with Gasteiger partial charge in [0, 0.05) is 24.7 Å². The van der Waals surface area contributed by atoms with Crippen LogP contribution in [0.3, 0.4) is 0 Å². The Kier molecular flexibility index (Phi) is 7.15. The van der Waals surface area contributed by atoms with Crippen molar-refractivity contribution >= 4 is 11.8 Å². The average Bonchev–Trinajstić information content (AvgIpc) is 3.23. The van der Waals surface area contributed by atoms with Gasteiger partial charge in [-0.2, -0.15) is 0 Å². The molecule has 0 bridgehead atoms. The molecule has 0 spiro atoms. The van der Waals surface area contributed by atoms with Gasteiger partial charge < -0.3 is 20.1 Å². The van der Waals surface area contributed by atoms with E-state index in [4.69, 9.17) is 9.47 Å². The topological polar surface area (TPSA) is 76.7 Å². The van der Waals surface area contributed by atoms with Crippen LogP contribution in [-0.4, -0.2) is 50.3 Å². The van der Waals surface area contributed by atoms with Crippen LogP contribution in [-0.2, 0) is 19.1 Å². The van der Waals surface area contributed by atoms with E-state index in [2.05, 4.69) is 24.5 Å². The molecule has 0 radical (unpaired) electrons. The van der Waals surface area contributed by atoms with E-state index in [1.165, 1.54) is 6.42 Å². The van der Waals surface area contributed by atoms with E-state index >= 15 is 0 Å². The van der Waals surface area contributed by atoms with Crippen molar-refractivity contribution in [1.29, 1.82) is 0 Å². The molecule has 3 fully saturated rings. The fourth-order valence-electron chi connectivity index (χ4n) is 4.76. The highest BCUT2D eigenvalue weighted by Crippen LogP contribution is 2.43. The molecule has 3 rings (SSSR count). The van der Waals surface area contributed by atoms with Gasteiger partial charge in [0.1, 0.15) is 0 Å². The maximum Gasteiger partial charge on any atom is 0.220 e. The summed E-state index contributed by atoms with van der Waals surface area (Å²) >= 11 is 0. The largest absolute Gasteiger partial charge is 0.379 e. The molecule has 6 heteroatoms. The SMILES string of the molecule is CC1COCC1NC(=O)CCC1(CC(=O)NC2COCC2C)CCCCC1. The lowest BCUT2D eigenvalue weighted by Crippen LogP contribution is -2.43. The Morgan fingerprint density at radius 1 is 0.852 bits per heavy atom.